The van der Waals surface area contributed by atoms with Gasteiger partial charge in [-0.05, 0) is 24.2 Å². The maximum Gasteiger partial charge on any atom is 0.326 e. The van der Waals surface area contributed by atoms with Gasteiger partial charge in [0, 0.05) is 6.54 Å². The fourth-order valence-electron chi connectivity index (χ4n) is 1.35. The number of carboxylic acid groups (broad SMARTS) is 1. The maximum absolute atomic E-state index is 11.6. The number of carbonyl (C=O) groups is 2. The number of urea groups is 1. The summed E-state index contributed by atoms with van der Waals surface area (Å²) in [6.07, 6.45) is 1.38. The van der Waals surface area contributed by atoms with Crippen LogP contribution in [0, 0.1) is 11.3 Å². The molecule has 18 heavy (non-hydrogen) atoms. The molecule has 0 saturated carbocycles. The largest absolute Gasteiger partial charge is 0.480 e. The van der Waals surface area contributed by atoms with Crippen LogP contribution in [0.15, 0.2) is 0 Å². The number of nitrogens with one attached hydrogen (secondary N) is 2. The predicted octanol–water partition coefficient (Wildman–Crippen LogP) is 2.22. The normalized spacial score (nSPS) is 13.2. The van der Waals surface area contributed by atoms with E-state index in [1.165, 1.54) is 0 Å². The van der Waals surface area contributed by atoms with Crippen LogP contribution in [0.4, 0.5) is 4.79 Å². The van der Waals surface area contributed by atoms with Crippen molar-refractivity contribution in [2.45, 2.75) is 53.5 Å². The smallest absolute Gasteiger partial charge is 0.326 e. The molecule has 0 bridgehead atoms. The van der Waals surface area contributed by atoms with Crippen LogP contribution in [0.25, 0.3) is 0 Å². The highest BCUT2D eigenvalue weighted by molar-refractivity contribution is 5.82. The minimum atomic E-state index is -0.992. The van der Waals surface area contributed by atoms with Gasteiger partial charge in [0.2, 0.25) is 0 Å². The molecule has 0 aliphatic heterocycles. The molecule has 0 rings (SSSR count). The van der Waals surface area contributed by atoms with E-state index in [-0.39, 0.29) is 11.3 Å². The van der Waals surface area contributed by atoms with Crippen molar-refractivity contribution in [3.63, 3.8) is 0 Å². The van der Waals surface area contributed by atoms with Crippen LogP contribution in [-0.2, 0) is 4.79 Å². The first-order valence-corrected chi connectivity index (χ1v) is 6.45. The van der Waals surface area contributed by atoms with Gasteiger partial charge in [0.15, 0.2) is 0 Å². The Morgan fingerprint density at radius 3 is 2.22 bits per heavy atom. The molecule has 0 aliphatic rings. The third kappa shape index (κ3) is 7.14. The summed E-state index contributed by atoms with van der Waals surface area (Å²) in [5.41, 5.74) is 0.0219. The SMILES string of the molecule is CCC(C)(C)CNC(=O)N[C@H](CC(C)C)C(=O)O. The number of rotatable bonds is 7. The van der Waals surface area contributed by atoms with Gasteiger partial charge in [-0.1, -0.05) is 34.6 Å². The second-order valence-electron chi connectivity index (χ2n) is 5.87. The van der Waals surface area contributed by atoms with E-state index in [4.69, 9.17) is 5.11 Å². The predicted molar refractivity (Wildman–Crippen MR) is 71.5 cm³/mol. The fourth-order valence-corrected chi connectivity index (χ4v) is 1.35. The van der Waals surface area contributed by atoms with Crippen LogP contribution in [0.3, 0.4) is 0 Å². The standard InChI is InChI=1S/C13H26N2O3/c1-6-13(4,5)8-14-12(18)15-10(11(16)17)7-9(2)3/h9-10H,6-8H2,1-5H3,(H,16,17)(H2,14,15,18)/t10-/m1/s1. The van der Waals surface area contributed by atoms with Crippen LogP contribution in [0.2, 0.25) is 0 Å². The van der Waals surface area contributed by atoms with Gasteiger partial charge >= 0.3 is 12.0 Å². The molecule has 0 aromatic heterocycles. The Kier molecular flexibility index (Phi) is 6.73. The summed E-state index contributed by atoms with van der Waals surface area (Å²) in [4.78, 5) is 22.6. The topological polar surface area (TPSA) is 78.4 Å². The third-order valence-electron chi connectivity index (χ3n) is 3.00. The Balaban J connectivity index is 4.23. The fraction of sp³-hybridized carbons (Fsp3) is 0.846. The van der Waals surface area contributed by atoms with E-state index in [0.717, 1.165) is 6.42 Å². The molecule has 0 unspecified atom stereocenters. The van der Waals surface area contributed by atoms with E-state index in [1.807, 2.05) is 13.8 Å². The minimum Gasteiger partial charge on any atom is -0.480 e. The van der Waals surface area contributed by atoms with Crippen molar-refractivity contribution < 1.29 is 14.7 Å². The molecular weight excluding hydrogens is 232 g/mol. The van der Waals surface area contributed by atoms with Crippen LogP contribution in [0.1, 0.15) is 47.5 Å². The molecule has 106 valence electrons. The molecular formula is C13H26N2O3. The Bertz CT molecular complexity index is 288. The van der Waals surface area contributed by atoms with Crippen LogP contribution >= 0.6 is 0 Å². The summed E-state index contributed by atoms with van der Waals surface area (Å²) in [6.45, 7) is 10.5. The Morgan fingerprint density at radius 2 is 1.83 bits per heavy atom. The second-order valence-corrected chi connectivity index (χ2v) is 5.87. The van der Waals surface area contributed by atoms with Crippen molar-refractivity contribution in [2.24, 2.45) is 11.3 Å². The van der Waals surface area contributed by atoms with E-state index in [9.17, 15) is 9.59 Å². The van der Waals surface area contributed by atoms with Crippen molar-refractivity contribution in [1.29, 1.82) is 0 Å². The van der Waals surface area contributed by atoms with Gasteiger partial charge in [0.05, 0.1) is 0 Å². The minimum absolute atomic E-state index is 0.0219. The maximum atomic E-state index is 11.6. The lowest BCUT2D eigenvalue weighted by molar-refractivity contribution is -0.139. The molecule has 5 heteroatoms. The van der Waals surface area contributed by atoms with Crippen molar-refractivity contribution in [1.82, 2.24) is 10.6 Å². The van der Waals surface area contributed by atoms with E-state index in [0.29, 0.717) is 13.0 Å². The molecule has 0 heterocycles. The number of carboxylic acids is 1. The first kappa shape index (κ1) is 16.7. The summed E-state index contributed by atoms with van der Waals surface area (Å²) >= 11 is 0. The molecule has 3 N–H and O–H groups in total. The molecule has 0 aliphatic carbocycles. The second kappa shape index (κ2) is 7.24. The van der Waals surface area contributed by atoms with Gasteiger partial charge in [-0.15, -0.1) is 0 Å². The monoisotopic (exact) mass is 258 g/mol. The highest BCUT2D eigenvalue weighted by Crippen LogP contribution is 2.17. The van der Waals surface area contributed by atoms with E-state index in [2.05, 4.69) is 31.4 Å². The molecule has 0 fully saturated rings. The Hall–Kier alpha value is -1.26. The first-order valence-electron chi connectivity index (χ1n) is 6.45. The molecule has 2 amide bonds. The molecule has 5 nitrogen and oxygen atoms in total. The molecule has 0 radical (unpaired) electrons. The lowest BCUT2D eigenvalue weighted by atomic mass is 9.90. The van der Waals surface area contributed by atoms with Gasteiger partial charge in [-0.3, -0.25) is 0 Å². The molecule has 0 aromatic rings. The lowest BCUT2D eigenvalue weighted by Crippen LogP contribution is -2.48. The number of amides is 2. The molecule has 0 saturated heterocycles. The highest BCUT2D eigenvalue weighted by Gasteiger charge is 2.22. The zero-order valence-corrected chi connectivity index (χ0v) is 12.0. The average Bonchev–Trinajstić information content (AvgIpc) is 2.25. The Morgan fingerprint density at radius 1 is 1.28 bits per heavy atom. The van der Waals surface area contributed by atoms with Crippen molar-refractivity contribution >= 4 is 12.0 Å². The number of hydrogen-bond acceptors (Lipinski definition) is 2. The van der Waals surface area contributed by atoms with Crippen LogP contribution in [-0.4, -0.2) is 29.7 Å². The van der Waals surface area contributed by atoms with Gasteiger partial charge in [0.25, 0.3) is 0 Å². The highest BCUT2D eigenvalue weighted by atomic mass is 16.4. The van der Waals surface area contributed by atoms with Gasteiger partial charge in [-0.2, -0.15) is 0 Å². The van der Waals surface area contributed by atoms with E-state index < -0.39 is 18.0 Å². The van der Waals surface area contributed by atoms with E-state index in [1.54, 1.807) is 0 Å². The van der Waals surface area contributed by atoms with Gasteiger partial charge in [0.1, 0.15) is 6.04 Å². The summed E-state index contributed by atoms with van der Waals surface area (Å²) in [5.74, 6) is -0.771. The zero-order valence-electron chi connectivity index (χ0n) is 12.0. The van der Waals surface area contributed by atoms with Crippen molar-refractivity contribution in [3.05, 3.63) is 0 Å². The molecule has 0 aromatic carbocycles. The number of aliphatic carboxylic acids is 1. The summed E-state index contributed by atoms with van der Waals surface area (Å²) in [6, 6.07) is -1.24. The van der Waals surface area contributed by atoms with E-state index >= 15 is 0 Å². The van der Waals surface area contributed by atoms with Crippen molar-refractivity contribution in [3.8, 4) is 0 Å². The average molecular weight is 258 g/mol. The quantitative estimate of drug-likeness (QED) is 0.655. The van der Waals surface area contributed by atoms with Gasteiger partial charge < -0.3 is 15.7 Å². The van der Waals surface area contributed by atoms with Crippen molar-refractivity contribution in [2.75, 3.05) is 6.54 Å². The van der Waals surface area contributed by atoms with Gasteiger partial charge in [-0.25, -0.2) is 9.59 Å². The third-order valence-corrected chi connectivity index (χ3v) is 3.00. The molecule has 0 spiro atoms. The summed E-state index contributed by atoms with van der Waals surface area (Å²) in [7, 11) is 0. The molecule has 1 atom stereocenters. The zero-order chi connectivity index (χ0) is 14.3. The number of hydrogen-bond donors (Lipinski definition) is 3. The Labute approximate surface area is 109 Å². The van der Waals surface area contributed by atoms with Crippen LogP contribution < -0.4 is 10.6 Å². The number of carbonyl (C=O) groups excluding carboxylic acids is 1. The lowest BCUT2D eigenvalue weighted by Gasteiger charge is -2.24. The first-order chi connectivity index (χ1) is 8.18. The van der Waals surface area contributed by atoms with Crippen LogP contribution in [0.5, 0.6) is 0 Å². The summed E-state index contributed by atoms with van der Waals surface area (Å²) in [5, 5.41) is 14.2. The summed E-state index contributed by atoms with van der Waals surface area (Å²) < 4.78 is 0.